The summed E-state index contributed by atoms with van der Waals surface area (Å²) >= 11 is 0. The minimum atomic E-state index is -1.60. The quantitative estimate of drug-likeness (QED) is 0.0666. The maximum atomic E-state index is 13.5. The van der Waals surface area contributed by atoms with Crippen LogP contribution in [-0.2, 0) is 47.5 Å². The van der Waals surface area contributed by atoms with Crippen molar-refractivity contribution in [3.05, 3.63) is 71.8 Å². The lowest BCUT2D eigenvalue weighted by molar-refractivity contribution is -0.355. The summed E-state index contributed by atoms with van der Waals surface area (Å²) in [6.45, 7) is 1.34. The Balaban J connectivity index is 0.000000263. The molecule has 20 atom stereocenters. The van der Waals surface area contributed by atoms with Crippen LogP contribution in [-0.4, -0.2) is 223 Å². The number of ketones is 2. The minimum Gasteiger partial charge on any atom is -0.394 e. The lowest BCUT2D eigenvalue weighted by Crippen LogP contribution is -2.63. The minimum absolute atomic E-state index is 0. The van der Waals surface area contributed by atoms with E-state index < -0.39 is 155 Å². The largest absolute Gasteiger partial charge is 0.394 e. The molecular weight excluding hydrogens is 1080 g/mol. The van der Waals surface area contributed by atoms with Crippen LogP contribution >= 0.6 is 0 Å². The number of aliphatic hydroxyl groups is 12. The first-order chi connectivity index (χ1) is 39.5. The second kappa shape index (κ2) is 33.9. The van der Waals surface area contributed by atoms with Gasteiger partial charge in [0.05, 0.1) is 70.0 Å². The molecule has 8 rings (SSSR count). The van der Waals surface area contributed by atoms with Gasteiger partial charge >= 0.3 is 0 Å². The number of aliphatic hydroxyl groups excluding tert-OH is 12. The summed E-state index contributed by atoms with van der Waals surface area (Å²) < 4.78 is 45.2. The van der Waals surface area contributed by atoms with E-state index in [1.54, 1.807) is 13.8 Å². The van der Waals surface area contributed by atoms with Crippen molar-refractivity contribution in [2.75, 3.05) is 39.6 Å². The van der Waals surface area contributed by atoms with Crippen molar-refractivity contribution in [2.24, 2.45) is 29.6 Å². The highest BCUT2D eigenvalue weighted by atomic mass is 16.8. The summed E-state index contributed by atoms with van der Waals surface area (Å²) in [5, 5.41) is 123. The maximum Gasteiger partial charge on any atom is 0.187 e. The van der Waals surface area contributed by atoms with Gasteiger partial charge in [-0.15, -0.1) is 0 Å². The van der Waals surface area contributed by atoms with Gasteiger partial charge in [-0.05, 0) is 61.5 Å². The van der Waals surface area contributed by atoms with E-state index in [-0.39, 0.29) is 38.8 Å². The number of hydrogen-bond donors (Lipinski definition) is 12. The van der Waals surface area contributed by atoms with Gasteiger partial charge in [0.25, 0.3) is 0 Å². The van der Waals surface area contributed by atoms with Crippen LogP contribution in [0.2, 0.25) is 0 Å². The Morgan fingerprint density at radius 3 is 1.16 bits per heavy atom. The standard InChI is InChI=1S/C30H52O11.C30H40O11.CH4/c2*1-17-21(15-31)39-30(26(36)24(17)34)41-28-22(16-32)40-29(27(37)25(28)35)38-14-8-13-20(33)23(18-9-4-2-5-10-18)19-11-6-3-7-12-19;/h17-19,21-32,34-37H,2-16H2,1H3;2-7,9-12,17,21-32,34-37H,8,13-16H2,1H3;1H4/t2*17-,21?,22?,24?,25?,26+,27+,28-,29-,30-;/m00./s1. The van der Waals surface area contributed by atoms with Crippen LogP contribution in [0.3, 0.4) is 0 Å². The van der Waals surface area contributed by atoms with Crippen LogP contribution in [0, 0.1) is 29.6 Å². The SMILES string of the molecule is C.C[C@H]1C(CO)O[C@@H](O[C@H]2C(CO)O[C@H](OCCCC(=O)C(C3CCCCC3)C3CCCCC3)[C@H](O)C2O)[C@H](O)C1O.C[C@H]1C(CO)O[C@@H](O[C@H]2C(CO)O[C@H](OCCCC(=O)C(c3ccccc3)c3ccccc3)[C@H](O)C2O)[C@H](O)C1O. The second-order valence-corrected chi connectivity index (χ2v) is 23.2. The fourth-order valence-corrected chi connectivity index (χ4v) is 12.8. The summed E-state index contributed by atoms with van der Waals surface area (Å²) in [6.07, 6.45) is -10.6. The van der Waals surface area contributed by atoms with Gasteiger partial charge in [0.1, 0.15) is 72.6 Å². The highest BCUT2D eigenvalue weighted by Gasteiger charge is 2.52. The lowest BCUT2D eigenvalue weighted by Gasteiger charge is -2.46. The molecule has 0 radical (unpaired) electrons. The zero-order chi connectivity index (χ0) is 59.0. The van der Waals surface area contributed by atoms with Crippen LogP contribution in [0.15, 0.2) is 60.7 Å². The zero-order valence-corrected chi connectivity index (χ0v) is 47.2. The zero-order valence-electron chi connectivity index (χ0n) is 47.2. The van der Waals surface area contributed by atoms with E-state index >= 15 is 0 Å². The lowest BCUT2D eigenvalue weighted by atomic mass is 9.67. The highest BCUT2D eigenvalue weighted by Crippen LogP contribution is 2.42. The van der Waals surface area contributed by atoms with Gasteiger partial charge in [-0.25, -0.2) is 0 Å². The van der Waals surface area contributed by atoms with Crippen molar-refractivity contribution in [1.82, 2.24) is 0 Å². The van der Waals surface area contributed by atoms with Gasteiger partial charge in [-0.3, -0.25) is 9.59 Å². The first-order valence-corrected chi connectivity index (χ1v) is 29.7. The Bertz CT molecular complexity index is 2090. The van der Waals surface area contributed by atoms with Gasteiger partial charge in [-0.1, -0.05) is 120 Å². The van der Waals surface area contributed by atoms with Crippen LogP contribution < -0.4 is 0 Å². The molecule has 472 valence electrons. The average Bonchev–Trinajstić information content (AvgIpc) is 3.68. The van der Waals surface area contributed by atoms with E-state index in [1.165, 1.54) is 38.5 Å². The van der Waals surface area contributed by atoms with E-state index in [0.717, 1.165) is 36.8 Å². The molecular formula is C61H96O22. The highest BCUT2D eigenvalue weighted by molar-refractivity contribution is 5.89. The van der Waals surface area contributed by atoms with E-state index in [1.807, 2.05) is 60.7 Å². The number of hydrogen-bond acceptors (Lipinski definition) is 22. The third-order valence-corrected chi connectivity index (χ3v) is 17.7. The number of carbonyl (C=O) groups is 2. The normalized spacial score (nSPS) is 36.4. The Labute approximate surface area is 487 Å². The van der Waals surface area contributed by atoms with E-state index in [4.69, 9.17) is 37.9 Å². The predicted molar refractivity (Wildman–Crippen MR) is 298 cm³/mol. The second-order valence-electron chi connectivity index (χ2n) is 23.2. The number of benzene rings is 2. The molecule has 4 aliphatic heterocycles. The predicted octanol–water partition coefficient (Wildman–Crippen LogP) is 1.75. The molecule has 2 aromatic carbocycles. The van der Waals surface area contributed by atoms with Gasteiger partial charge in [0.2, 0.25) is 0 Å². The molecule has 0 bridgehead atoms. The van der Waals surface area contributed by atoms with Crippen LogP contribution in [0.25, 0.3) is 0 Å². The molecule has 2 aromatic rings. The molecule has 6 fully saturated rings. The molecule has 0 aromatic heterocycles. The summed E-state index contributed by atoms with van der Waals surface area (Å²) in [4.78, 5) is 26.7. The molecule has 12 N–H and O–H groups in total. The molecule has 22 heteroatoms. The molecule has 83 heavy (non-hydrogen) atoms. The Morgan fingerprint density at radius 1 is 0.458 bits per heavy atom. The number of Topliss-reactive ketones (excluding diaryl/α,β-unsaturated/α-hetero) is 2. The van der Waals surface area contributed by atoms with Crippen molar-refractivity contribution in [3.63, 3.8) is 0 Å². The molecule has 6 aliphatic rings. The van der Waals surface area contributed by atoms with Crippen LogP contribution in [0.5, 0.6) is 0 Å². The van der Waals surface area contributed by atoms with Crippen molar-refractivity contribution in [2.45, 2.75) is 228 Å². The topological polar surface area (TPSA) is 351 Å². The van der Waals surface area contributed by atoms with Gasteiger partial charge in [-0.2, -0.15) is 0 Å². The first kappa shape index (κ1) is 69.1. The van der Waals surface area contributed by atoms with Gasteiger partial charge in [0.15, 0.2) is 25.2 Å². The van der Waals surface area contributed by atoms with Gasteiger partial charge in [0, 0.05) is 30.6 Å². The summed E-state index contributed by atoms with van der Waals surface area (Å²) in [7, 11) is 0. The number of ether oxygens (including phenoxy) is 8. The molecule has 2 aliphatic carbocycles. The summed E-state index contributed by atoms with van der Waals surface area (Å²) in [5.41, 5.74) is 1.77. The smallest absolute Gasteiger partial charge is 0.187 e. The third kappa shape index (κ3) is 17.6. The monoisotopic (exact) mass is 1180 g/mol. The maximum absolute atomic E-state index is 13.5. The average molecular weight is 1180 g/mol. The Morgan fingerprint density at radius 2 is 0.795 bits per heavy atom. The van der Waals surface area contributed by atoms with Crippen molar-refractivity contribution < 1.29 is 109 Å². The molecule has 4 heterocycles. The first-order valence-electron chi connectivity index (χ1n) is 29.7. The number of rotatable bonds is 24. The Kier molecular flexibility index (Phi) is 28.2. The van der Waals surface area contributed by atoms with E-state index in [0.29, 0.717) is 36.9 Å². The van der Waals surface area contributed by atoms with Crippen molar-refractivity contribution in [1.29, 1.82) is 0 Å². The molecule has 2 saturated carbocycles. The molecule has 22 nitrogen and oxygen atoms in total. The third-order valence-electron chi connectivity index (χ3n) is 17.7. The van der Waals surface area contributed by atoms with Crippen molar-refractivity contribution >= 4 is 11.6 Å². The summed E-state index contributed by atoms with van der Waals surface area (Å²) in [6, 6.07) is 19.0. The summed E-state index contributed by atoms with van der Waals surface area (Å²) in [5.74, 6) is -0.195. The molecule has 8 unspecified atom stereocenters. The number of carbonyl (C=O) groups excluding carboxylic acids is 2. The van der Waals surface area contributed by atoms with Crippen LogP contribution in [0.4, 0.5) is 0 Å². The molecule has 4 saturated heterocycles. The fourth-order valence-electron chi connectivity index (χ4n) is 12.8. The Hall–Kier alpha value is -3.02. The fraction of sp³-hybridized carbons (Fsp3) is 0.770. The van der Waals surface area contributed by atoms with Crippen molar-refractivity contribution in [3.8, 4) is 0 Å². The van der Waals surface area contributed by atoms with Crippen LogP contribution in [0.1, 0.15) is 128 Å². The van der Waals surface area contributed by atoms with E-state index in [2.05, 4.69) is 0 Å². The molecule has 0 amide bonds. The van der Waals surface area contributed by atoms with Gasteiger partial charge < -0.3 is 99.2 Å². The molecule has 0 spiro atoms. The van der Waals surface area contributed by atoms with E-state index in [9.17, 15) is 70.9 Å².